The van der Waals surface area contributed by atoms with Crippen molar-refractivity contribution < 1.29 is 10.4 Å². The first-order valence-corrected chi connectivity index (χ1v) is 8.03. The smallest absolute Gasteiger partial charge is 0.0674 e. The first-order chi connectivity index (χ1) is 11.1. The SMILES string of the molecule is ON=C1C[C@@H](c2ccccc2Cl)N(O)[C@H](c2ccccc2Cl)C1. The normalized spacial score (nSPS) is 22.1. The van der Waals surface area contributed by atoms with Gasteiger partial charge in [0.15, 0.2) is 0 Å². The fourth-order valence-corrected chi connectivity index (χ4v) is 3.53. The molecule has 3 rings (SSSR count). The zero-order valence-corrected chi connectivity index (χ0v) is 13.7. The van der Waals surface area contributed by atoms with E-state index >= 15 is 0 Å². The Morgan fingerprint density at radius 3 is 1.70 bits per heavy atom. The molecule has 0 radical (unpaired) electrons. The summed E-state index contributed by atoms with van der Waals surface area (Å²) in [5.74, 6) is 0. The molecule has 0 aliphatic carbocycles. The highest BCUT2D eigenvalue weighted by Gasteiger charge is 2.36. The van der Waals surface area contributed by atoms with Gasteiger partial charge in [0.25, 0.3) is 0 Å². The lowest BCUT2D eigenvalue weighted by Gasteiger charge is -2.38. The van der Waals surface area contributed by atoms with Gasteiger partial charge in [-0.15, -0.1) is 0 Å². The van der Waals surface area contributed by atoms with Crippen LogP contribution in [-0.4, -0.2) is 21.2 Å². The van der Waals surface area contributed by atoms with Crippen LogP contribution in [0.3, 0.4) is 0 Å². The third kappa shape index (κ3) is 3.21. The molecule has 0 unspecified atom stereocenters. The predicted octanol–water partition coefficient (Wildman–Crippen LogP) is 5.09. The van der Waals surface area contributed by atoms with Gasteiger partial charge < -0.3 is 10.4 Å². The van der Waals surface area contributed by atoms with E-state index in [1.54, 1.807) is 12.1 Å². The molecule has 0 amide bonds. The highest BCUT2D eigenvalue weighted by atomic mass is 35.5. The van der Waals surface area contributed by atoms with E-state index in [9.17, 15) is 10.4 Å². The molecule has 6 heteroatoms. The minimum Gasteiger partial charge on any atom is -0.411 e. The molecule has 120 valence electrons. The summed E-state index contributed by atoms with van der Waals surface area (Å²) < 4.78 is 0. The molecule has 1 aliphatic heterocycles. The third-order valence-electron chi connectivity index (χ3n) is 4.17. The minimum atomic E-state index is -0.398. The zero-order valence-electron chi connectivity index (χ0n) is 12.2. The van der Waals surface area contributed by atoms with Crippen LogP contribution in [0.25, 0.3) is 0 Å². The average Bonchev–Trinajstić information content (AvgIpc) is 2.57. The Kier molecular flexibility index (Phi) is 4.87. The molecule has 0 spiro atoms. The molecule has 23 heavy (non-hydrogen) atoms. The van der Waals surface area contributed by atoms with Crippen molar-refractivity contribution >= 4 is 28.9 Å². The van der Waals surface area contributed by atoms with Gasteiger partial charge in [-0.1, -0.05) is 64.8 Å². The summed E-state index contributed by atoms with van der Waals surface area (Å²) in [5.41, 5.74) is 2.18. The molecule has 0 aromatic heterocycles. The number of benzene rings is 2. The maximum absolute atomic E-state index is 10.8. The lowest BCUT2D eigenvalue weighted by molar-refractivity contribution is -0.167. The van der Waals surface area contributed by atoms with Gasteiger partial charge in [-0.2, -0.15) is 5.06 Å². The topological polar surface area (TPSA) is 56.1 Å². The van der Waals surface area contributed by atoms with Crippen LogP contribution in [0.2, 0.25) is 10.0 Å². The zero-order chi connectivity index (χ0) is 16.4. The fraction of sp³-hybridized carbons (Fsp3) is 0.235. The highest BCUT2D eigenvalue weighted by Crippen LogP contribution is 2.42. The van der Waals surface area contributed by atoms with E-state index in [0.29, 0.717) is 28.6 Å². The van der Waals surface area contributed by atoms with Crippen LogP contribution in [0.15, 0.2) is 53.7 Å². The Morgan fingerprint density at radius 1 is 0.870 bits per heavy atom. The number of piperidine rings is 1. The summed E-state index contributed by atoms with van der Waals surface area (Å²) in [7, 11) is 0. The molecule has 1 fully saturated rings. The second-order valence-electron chi connectivity index (χ2n) is 5.53. The van der Waals surface area contributed by atoms with Crippen molar-refractivity contribution in [2.75, 3.05) is 0 Å². The van der Waals surface area contributed by atoms with Gasteiger partial charge in [-0.05, 0) is 23.3 Å². The van der Waals surface area contributed by atoms with E-state index < -0.39 is 12.1 Å². The van der Waals surface area contributed by atoms with Crippen LogP contribution in [0.5, 0.6) is 0 Å². The molecule has 1 aliphatic rings. The van der Waals surface area contributed by atoms with E-state index in [2.05, 4.69) is 5.16 Å². The first kappa shape index (κ1) is 16.3. The van der Waals surface area contributed by atoms with Gasteiger partial charge in [0, 0.05) is 22.9 Å². The number of hydrogen-bond donors (Lipinski definition) is 2. The molecular formula is C17H16Cl2N2O2. The van der Waals surface area contributed by atoms with Crippen LogP contribution >= 0.6 is 23.2 Å². The molecule has 0 saturated carbocycles. The second-order valence-corrected chi connectivity index (χ2v) is 6.34. The van der Waals surface area contributed by atoms with E-state index in [1.165, 1.54) is 5.06 Å². The molecular weight excluding hydrogens is 335 g/mol. The van der Waals surface area contributed by atoms with Crippen LogP contribution in [0.4, 0.5) is 0 Å². The summed E-state index contributed by atoms with van der Waals surface area (Å²) in [4.78, 5) is 0. The van der Waals surface area contributed by atoms with Gasteiger partial charge in [0.05, 0.1) is 17.8 Å². The van der Waals surface area contributed by atoms with Gasteiger partial charge in [-0.25, -0.2) is 0 Å². The highest BCUT2D eigenvalue weighted by molar-refractivity contribution is 6.31. The molecule has 2 N–H and O–H groups in total. The van der Waals surface area contributed by atoms with Gasteiger partial charge in [0.1, 0.15) is 0 Å². The Hall–Kier alpha value is -1.59. The number of nitrogens with zero attached hydrogens (tertiary/aromatic N) is 2. The Bertz CT molecular complexity index is 679. The van der Waals surface area contributed by atoms with Crippen molar-refractivity contribution in [2.45, 2.75) is 24.9 Å². The van der Waals surface area contributed by atoms with Crippen molar-refractivity contribution in [1.82, 2.24) is 5.06 Å². The Morgan fingerprint density at radius 2 is 1.30 bits per heavy atom. The number of hydrogen-bond acceptors (Lipinski definition) is 4. The largest absolute Gasteiger partial charge is 0.411 e. The van der Waals surface area contributed by atoms with E-state index in [-0.39, 0.29) is 0 Å². The first-order valence-electron chi connectivity index (χ1n) is 7.27. The van der Waals surface area contributed by atoms with Crippen LogP contribution in [0.1, 0.15) is 36.1 Å². The molecule has 0 bridgehead atoms. The van der Waals surface area contributed by atoms with Crippen molar-refractivity contribution in [3.63, 3.8) is 0 Å². The monoisotopic (exact) mass is 350 g/mol. The number of rotatable bonds is 2. The molecule has 2 aromatic rings. The van der Waals surface area contributed by atoms with Crippen LogP contribution < -0.4 is 0 Å². The standard InChI is InChI=1S/C17H16Cl2N2O2/c18-14-7-3-1-5-12(14)16-9-11(20-22)10-17(21(16)23)13-6-2-4-8-15(13)19/h1-8,16-17,22-23H,9-10H2/t16-,17-/m0/s1. The van der Waals surface area contributed by atoms with Crippen LogP contribution in [-0.2, 0) is 0 Å². The lowest BCUT2D eigenvalue weighted by atomic mass is 9.88. The van der Waals surface area contributed by atoms with Crippen molar-refractivity contribution in [3.8, 4) is 0 Å². The van der Waals surface area contributed by atoms with Crippen molar-refractivity contribution in [2.24, 2.45) is 5.16 Å². The van der Waals surface area contributed by atoms with Crippen molar-refractivity contribution in [3.05, 3.63) is 69.7 Å². The summed E-state index contributed by atoms with van der Waals surface area (Å²) in [5, 5.41) is 25.8. The van der Waals surface area contributed by atoms with Crippen LogP contribution in [0, 0.1) is 0 Å². The van der Waals surface area contributed by atoms with Gasteiger partial charge >= 0.3 is 0 Å². The van der Waals surface area contributed by atoms with E-state index in [0.717, 1.165) is 11.1 Å². The molecule has 4 nitrogen and oxygen atoms in total. The maximum Gasteiger partial charge on any atom is 0.0674 e. The average molecular weight is 351 g/mol. The lowest BCUT2D eigenvalue weighted by Crippen LogP contribution is -2.37. The Labute approximate surface area is 144 Å². The third-order valence-corrected chi connectivity index (χ3v) is 4.85. The molecule has 1 saturated heterocycles. The number of hydroxylamine groups is 2. The minimum absolute atomic E-state index is 0.398. The summed E-state index contributed by atoms with van der Waals surface area (Å²) in [6.07, 6.45) is 0.801. The summed E-state index contributed by atoms with van der Waals surface area (Å²) in [6.45, 7) is 0. The van der Waals surface area contributed by atoms with E-state index in [4.69, 9.17) is 23.2 Å². The maximum atomic E-state index is 10.8. The summed E-state index contributed by atoms with van der Waals surface area (Å²) >= 11 is 12.5. The van der Waals surface area contributed by atoms with Gasteiger partial charge in [0.2, 0.25) is 0 Å². The summed E-state index contributed by atoms with van der Waals surface area (Å²) in [6, 6.07) is 13.9. The van der Waals surface area contributed by atoms with Gasteiger partial charge in [-0.3, -0.25) is 0 Å². The molecule has 2 aromatic carbocycles. The molecule has 2 atom stereocenters. The fourth-order valence-electron chi connectivity index (χ4n) is 3.01. The number of halogens is 2. The second kappa shape index (κ2) is 6.89. The molecule has 1 heterocycles. The quantitative estimate of drug-likeness (QED) is 0.585. The number of oxime groups is 1. The predicted molar refractivity (Wildman–Crippen MR) is 90.5 cm³/mol. The van der Waals surface area contributed by atoms with Crippen molar-refractivity contribution in [1.29, 1.82) is 0 Å². The van der Waals surface area contributed by atoms with E-state index in [1.807, 2.05) is 36.4 Å². The Balaban J connectivity index is 2.02.